The van der Waals surface area contributed by atoms with Gasteiger partial charge in [0, 0.05) is 0 Å². The van der Waals surface area contributed by atoms with Crippen molar-refractivity contribution in [2.45, 2.75) is 19.4 Å². The van der Waals surface area contributed by atoms with Crippen LogP contribution in [0.4, 0.5) is 0 Å². The predicted molar refractivity (Wildman–Crippen MR) is 49.4 cm³/mol. The van der Waals surface area contributed by atoms with Crippen molar-refractivity contribution < 1.29 is 0 Å². The van der Waals surface area contributed by atoms with Crippen LogP contribution in [0.3, 0.4) is 0 Å². The fraction of sp³-hybridized carbons (Fsp3) is 0.429. The first-order chi connectivity index (χ1) is 5.74. The second kappa shape index (κ2) is 4.30. The fourth-order valence-electron chi connectivity index (χ4n) is 0.918. The minimum absolute atomic E-state index is 0.0995. The Morgan fingerprint density at radius 3 is 3.08 bits per heavy atom. The molecule has 1 unspecified atom stereocenters. The van der Waals surface area contributed by atoms with Crippen molar-refractivity contribution in [1.29, 1.82) is 0 Å². The Kier molecular flexibility index (Phi) is 3.33. The quantitative estimate of drug-likeness (QED) is 0.416. The first-order valence-corrected chi connectivity index (χ1v) is 4.39. The molecular formula is C7H12N4S. The van der Waals surface area contributed by atoms with Crippen LogP contribution in [0.2, 0.25) is 0 Å². The highest BCUT2D eigenvalue weighted by Gasteiger charge is 2.11. The predicted octanol–water partition coefficient (Wildman–Crippen LogP) is 1.01. The maximum Gasteiger partial charge on any atom is 0.0669 e. The average Bonchev–Trinajstić information content (AvgIpc) is 2.51. The van der Waals surface area contributed by atoms with Crippen LogP contribution >= 0.6 is 11.5 Å². The molecule has 12 heavy (non-hydrogen) atoms. The van der Waals surface area contributed by atoms with Crippen LogP contribution in [0, 0.1) is 0 Å². The van der Waals surface area contributed by atoms with E-state index in [0.29, 0.717) is 0 Å². The molecule has 0 amide bonds. The first kappa shape index (κ1) is 9.31. The van der Waals surface area contributed by atoms with Gasteiger partial charge in [0.2, 0.25) is 0 Å². The highest BCUT2D eigenvalue weighted by Crippen LogP contribution is 2.20. The number of aromatic nitrogens is 2. The van der Waals surface area contributed by atoms with E-state index in [4.69, 9.17) is 5.84 Å². The molecule has 1 aromatic heterocycles. The molecule has 66 valence electrons. The van der Waals surface area contributed by atoms with E-state index >= 15 is 0 Å². The number of hydrogen-bond acceptors (Lipinski definition) is 5. The zero-order valence-electron chi connectivity index (χ0n) is 6.95. The summed E-state index contributed by atoms with van der Waals surface area (Å²) in [4.78, 5) is 1.04. The third-order valence-corrected chi connectivity index (χ3v) is 2.25. The van der Waals surface area contributed by atoms with Crippen molar-refractivity contribution in [2.75, 3.05) is 0 Å². The van der Waals surface area contributed by atoms with E-state index in [-0.39, 0.29) is 6.04 Å². The highest BCUT2D eigenvalue weighted by molar-refractivity contribution is 7.05. The molecule has 0 saturated carbocycles. The summed E-state index contributed by atoms with van der Waals surface area (Å²) in [5.74, 6) is 5.37. The third-order valence-electron chi connectivity index (χ3n) is 1.48. The SMILES string of the molecule is C=C(C)CC(NN)c1cnns1. The van der Waals surface area contributed by atoms with E-state index in [0.717, 1.165) is 16.9 Å². The van der Waals surface area contributed by atoms with Crippen LogP contribution in [0.15, 0.2) is 18.3 Å². The van der Waals surface area contributed by atoms with Crippen LogP contribution in [-0.4, -0.2) is 9.59 Å². The molecule has 5 heteroatoms. The normalized spacial score (nSPS) is 12.8. The molecule has 0 bridgehead atoms. The van der Waals surface area contributed by atoms with E-state index in [9.17, 15) is 0 Å². The zero-order chi connectivity index (χ0) is 8.97. The van der Waals surface area contributed by atoms with E-state index in [1.54, 1.807) is 6.20 Å². The van der Waals surface area contributed by atoms with E-state index in [2.05, 4.69) is 21.6 Å². The van der Waals surface area contributed by atoms with Crippen molar-refractivity contribution in [1.82, 2.24) is 15.0 Å². The number of nitrogens with zero attached hydrogens (tertiary/aromatic N) is 2. The van der Waals surface area contributed by atoms with Gasteiger partial charge in [0.15, 0.2) is 0 Å². The van der Waals surface area contributed by atoms with Crippen molar-refractivity contribution >= 4 is 11.5 Å². The van der Waals surface area contributed by atoms with Gasteiger partial charge in [-0.3, -0.25) is 11.3 Å². The third kappa shape index (κ3) is 2.37. The summed E-state index contributed by atoms with van der Waals surface area (Å²) in [6, 6.07) is 0.0995. The van der Waals surface area contributed by atoms with E-state index in [1.807, 2.05) is 6.92 Å². The Morgan fingerprint density at radius 2 is 2.67 bits per heavy atom. The lowest BCUT2D eigenvalue weighted by Gasteiger charge is -2.11. The highest BCUT2D eigenvalue weighted by atomic mass is 32.1. The minimum atomic E-state index is 0.0995. The molecule has 3 N–H and O–H groups in total. The topological polar surface area (TPSA) is 63.8 Å². The van der Waals surface area contributed by atoms with Gasteiger partial charge < -0.3 is 0 Å². The number of hydrazine groups is 1. The van der Waals surface area contributed by atoms with Gasteiger partial charge in [0.25, 0.3) is 0 Å². The summed E-state index contributed by atoms with van der Waals surface area (Å²) >= 11 is 1.35. The van der Waals surface area contributed by atoms with Crippen molar-refractivity contribution in [2.24, 2.45) is 5.84 Å². The van der Waals surface area contributed by atoms with Crippen LogP contribution in [-0.2, 0) is 0 Å². The van der Waals surface area contributed by atoms with Gasteiger partial charge >= 0.3 is 0 Å². The lowest BCUT2D eigenvalue weighted by molar-refractivity contribution is 0.558. The number of nitrogens with two attached hydrogens (primary N) is 1. The van der Waals surface area contributed by atoms with Crippen LogP contribution in [0.1, 0.15) is 24.3 Å². The smallest absolute Gasteiger partial charge is 0.0669 e. The molecule has 0 radical (unpaired) electrons. The second-order valence-corrected chi connectivity index (χ2v) is 3.52. The Hall–Kier alpha value is -0.780. The van der Waals surface area contributed by atoms with Crippen molar-refractivity contribution in [3.05, 3.63) is 23.2 Å². The van der Waals surface area contributed by atoms with Gasteiger partial charge in [-0.1, -0.05) is 10.1 Å². The lowest BCUT2D eigenvalue weighted by atomic mass is 10.1. The molecule has 0 aliphatic rings. The second-order valence-electron chi connectivity index (χ2n) is 2.70. The molecule has 0 aromatic carbocycles. The molecule has 4 nitrogen and oxygen atoms in total. The summed E-state index contributed by atoms with van der Waals surface area (Å²) in [6.45, 7) is 5.79. The Balaban J connectivity index is 2.63. The van der Waals surface area contributed by atoms with Gasteiger partial charge in [-0.25, -0.2) is 0 Å². The van der Waals surface area contributed by atoms with Gasteiger partial charge in [-0.05, 0) is 24.9 Å². The van der Waals surface area contributed by atoms with E-state index < -0.39 is 0 Å². The van der Waals surface area contributed by atoms with Gasteiger partial charge in [-0.2, -0.15) is 0 Å². The summed E-state index contributed by atoms with van der Waals surface area (Å²) in [6.07, 6.45) is 2.54. The molecule has 1 rings (SSSR count). The maximum absolute atomic E-state index is 5.37. The van der Waals surface area contributed by atoms with Crippen molar-refractivity contribution in [3.63, 3.8) is 0 Å². The first-order valence-electron chi connectivity index (χ1n) is 3.61. The Labute approximate surface area is 75.6 Å². The largest absolute Gasteiger partial charge is 0.271 e. The number of rotatable bonds is 4. The summed E-state index contributed by atoms with van der Waals surface area (Å²) < 4.78 is 3.76. The Bertz CT molecular complexity index is 244. The molecule has 1 aromatic rings. The van der Waals surface area contributed by atoms with Gasteiger partial charge in [0.1, 0.15) is 0 Å². The lowest BCUT2D eigenvalue weighted by Crippen LogP contribution is -2.27. The average molecular weight is 184 g/mol. The molecule has 0 fully saturated rings. The molecule has 0 aliphatic carbocycles. The molecule has 1 atom stereocenters. The zero-order valence-corrected chi connectivity index (χ0v) is 7.77. The van der Waals surface area contributed by atoms with Crippen LogP contribution < -0.4 is 11.3 Å². The van der Waals surface area contributed by atoms with Crippen molar-refractivity contribution in [3.8, 4) is 0 Å². The van der Waals surface area contributed by atoms with E-state index in [1.165, 1.54) is 11.5 Å². The molecule has 0 spiro atoms. The molecule has 0 saturated heterocycles. The summed E-state index contributed by atoms with van der Waals surface area (Å²) in [7, 11) is 0. The molecular weight excluding hydrogens is 172 g/mol. The fourth-order valence-corrected chi connectivity index (χ4v) is 1.48. The van der Waals surface area contributed by atoms with Gasteiger partial charge in [-0.15, -0.1) is 11.7 Å². The minimum Gasteiger partial charge on any atom is -0.271 e. The number of hydrogen-bond donors (Lipinski definition) is 2. The standard InChI is InChI=1S/C7H12N4S/c1-5(2)3-6(10-8)7-4-9-11-12-7/h4,6,10H,1,3,8H2,2H3. The summed E-state index contributed by atoms with van der Waals surface area (Å²) in [5, 5.41) is 3.74. The maximum atomic E-state index is 5.37. The summed E-state index contributed by atoms with van der Waals surface area (Å²) in [5.41, 5.74) is 3.79. The number of nitrogens with one attached hydrogen (secondary N) is 1. The van der Waals surface area contributed by atoms with Crippen LogP contribution in [0.25, 0.3) is 0 Å². The van der Waals surface area contributed by atoms with Gasteiger partial charge in [0.05, 0.1) is 17.1 Å². The monoisotopic (exact) mass is 184 g/mol. The van der Waals surface area contributed by atoms with Crippen LogP contribution in [0.5, 0.6) is 0 Å². The molecule has 0 aliphatic heterocycles. The molecule has 1 heterocycles. The Morgan fingerprint density at radius 1 is 1.92 bits per heavy atom.